The molecule has 0 spiro atoms. The first-order valence-electron chi connectivity index (χ1n) is 10.3. The van der Waals surface area contributed by atoms with E-state index in [1.807, 2.05) is 0 Å². The molecule has 0 aliphatic heterocycles. The van der Waals surface area contributed by atoms with Crippen molar-refractivity contribution in [3.8, 4) is 0 Å². The number of nitrogens with one attached hydrogen (secondary N) is 1. The lowest BCUT2D eigenvalue weighted by molar-refractivity contribution is -0.152. The first kappa shape index (κ1) is 30.3. The van der Waals surface area contributed by atoms with E-state index in [-0.39, 0.29) is 0 Å². The van der Waals surface area contributed by atoms with E-state index in [4.69, 9.17) is 9.47 Å². The Morgan fingerprint density at radius 3 is 1.91 bits per heavy atom. The van der Waals surface area contributed by atoms with Crippen molar-refractivity contribution in [2.75, 3.05) is 13.3 Å². The standard InChI is InChI=1S/C21H32N2O10S2/c1-13(23(8)19(26)32-21(5,6)7)17(24)33-22-35(29,30)15-12-10-11-14(16(15)34(9,27)28)18(25)31-20(2,3)4/h10-13,22H,1-9H3/t13-/m1/s1. The van der Waals surface area contributed by atoms with Crippen LogP contribution in [0, 0.1) is 0 Å². The molecular formula is C21H32N2O10S2. The Balaban J connectivity index is 3.25. The summed E-state index contributed by atoms with van der Waals surface area (Å²) in [4.78, 5) is 42.5. The lowest BCUT2D eigenvalue weighted by Crippen LogP contribution is -2.45. The van der Waals surface area contributed by atoms with Crippen LogP contribution in [0.25, 0.3) is 0 Å². The van der Waals surface area contributed by atoms with E-state index in [2.05, 4.69) is 4.84 Å². The molecule has 1 aromatic rings. The number of benzene rings is 1. The Hall–Kier alpha value is -2.71. The van der Waals surface area contributed by atoms with Gasteiger partial charge < -0.3 is 14.3 Å². The Morgan fingerprint density at radius 2 is 1.46 bits per heavy atom. The summed E-state index contributed by atoms with van der Waals surface area (Å²) in [6, 6.07) is 1.91. The van der Waals surface area contributed by atoms with Crippen LogP contribution in [0.3, 0.4) is 0 Å². The van der Waals surface area contributed by atoms with Gasteiger partial charge in [-0.05, 0) is 65.5 Å². The minimum atomic E-state index is -4.79. The Bertz CT molecular complexity index is 1190. The third kappa shape index (κ3) is 8.78. The van der Waals surface area contributed by atoms with Gasteiger partial charge in [0.05, 0.1) is 5.56 Å². The van der Waals surface area contributed by atoms with Gasteiger partial charge in [-0.3, -0.25) is 4.90 Å². The molecule has 14 heteroatoms. The maximum atomic E-state index is 12.9. The van der Waals surface area contributed by atoms with Gasteiger partial charge in [0, 0.05) is 13.3 Å². The van der Waals surface area contributed by atoms with Crippen LogP contribution in [0.15, 0.2) is 28.0 Å². The van der Waals surface area contributed by atoms with Crippen molar-refractivity contribution in [2.24, 2.45) is 0 Å². The predicted octanol–water partition coefficient (Wildman–Crippen LogP) is 2.04. The summed E-state index contributed by atoms with van der Waals surface area (Å²) in [6.45, 7) is 10.8. The molecule has 1 atom stereocenters. The van der Waals surface area contributed by atoms with Gasteiger partial charge in [-0.1, -0.05) is 6.07 Å². The fourth-order valence-electron chi connectivity index (χ4n) is 2.48. The second kappa shape index (κ2) is 10.5. The van der Waals surface area contributed by atoms with E-state index in [0.717, 1.165) is 29.4 Å². The van der Waals surface area contributed by atoms with Gasteiger partial charge in [0.15, 0.2) is 9.84 Å². The number of amides is 1. The molecule has 12 nitrogen and oxygen atoms in total. The highest BCUT2D eigenvalue weighted by Gasteiger charge is 2.33. The van der Waals surface area contributed by atoms with Gasteiger partial charge in [-0.2, -0.15) is 0 Å². The largest absolute Gasteiger partial charge is 0.456 e. The fraction of sp³-hybridized carbons (Fsp3) is 0.571. The number of carbonyl (C=O) groups excluding carboxylic acids is 3. The molecule has 1 aromatic carbocycles. The van der Waals surface area contributed by atoms with Crippen LogP contribution in [0.2, 0.25) is 0 Å². The number of ether oxygens (including phenoxy) is 2. The number of esters is 1. The van der Waals surface area contributed by atoms with Crippen LogP contribution in [0.4, 0.5) is 4.79 Å². The number of hydrogen-bond acceptors (Lipinski definition) is 10. The topological polar surface area (TPSA) is 162 Å². The molecule has 0 heterocycles. The predicted molar refractivity (Wildman–Crippen MR) is 125 cm³/mol. The zero-order valence-electron chi connectivity index (χ0n) is 21.2. The minimum absolute atomic E-state index is 0.505. The van der Waals surface area contributed by atoms with Crippen molar-refractivity contribution in [1.82, 2.24) is 9.79 Å². The van der Waals surface area contributed by atoms with Crippen molar-refractivity contribution in [1.29, 1.82) is 0 Å². The number of carbonyl (C=O) groups is 3. The van der Waals surface area contributed by atoms with Crippen molar-refractivity contribution in [2.45, 2.75) is 75.5 Å². The number of sulfone groups is 1. The Labute approximate surface area is 205 Å². The first-order valence-corrected chi connectivity index (χ1v) is 13.7. The first-order chi connectivity index (χ1) is 15.6. The summed E-state index contributed by atoms with van der Waals surface area (Å²) in [5.41, 5.74) is -2.32. The third-order valence-corrected chi connectivity index (χ3v) is 6.65. The maximum absolute atomic E-state index is 12.9. The van der Waals surface area contributed by atoms with E-state index < -0.39 is 70.5 Å². The summed E-state index contributed by atoms with van der Waals surface area (Å²) < 4.78 is 61.0. The molecule has 1 amide bonds. The molecule has 0 saturated carbocycles. The molecule has 0 bridgehead atoms. The molecule has 0 saturated heterocycles. The zero-order valence-corrected chi connectivity index (χ0v) is 22.8. The molecule has 1 N–H and O–H groups in total. The monoisotopic (exact) mass is 536 g/mol. The number of hydrogen-bond donors (Lipinski definition) is 1. The fourth-order valence-corrected chi connectivity index (χ4v) is 5.14. The van der Waals surface area contributed by atoms with E-state index in [1.165, 1.54) is 14.0 Å². The Morgan fingerprint density at radius 1 is 0.943 bits per heavy atom. The van der Waals surface area contributed by atoms with Crippen molar-refractivity contribution < 1.29 is 45.5 Å². The van der Waals surface area contributed by atoms with Crippen LogP contribution in [0.1, 0.15) is 58.8 Å². The molecule has 0 aliphatic carbocycles. The number of sulfonamides is 1. The minimum Gasteiger partial charge on any atom is -0.456 e. The second-order valence-corrected chi connectivity index (χ2v) is 13.2. The van der Waals surface area contributed by atoms with Crippen molar-refractivity contribution in [3.05, 3.63) is 23.8 Å². The van der Waals surface area contributed by atoms with Crippen LogP contribution in [-0.4, -0.2) is 70.3 Å². The average Bonchev–Trinajstić information content (AvgIpc) is 2.67. The van der Waals surface area contributed by atoms with E-state index in [0.29, 0.717) is 0 Å². The van der Waals surface area contributed by atoms with Gasteiger partial charge in [0.1, 0.15) is 27.0 Å². The van der Waals surface area contributed by atoms with Crippen LogP contribution in [-0.2, 0) is 39.0 Å². The average molecular weight is 537 g/mol. The molecule has 35 heavy (non-hydrogen) atoms. The summed E-state index contributed by atoms with van der Waals surface area (Å²) in [6.07, 6.45) is -0.131. The molecule has 198 valence electrons. The van der Waals surface area contributed by atoms with Gasteiger partial charge in [-0.15, -0.1) is 0 Å². The van der Waals surface area contributed by atoms with Crippen LogP contribution in [0.5, 0.6) is 0 Å². The number of likely N-dealkylation sites (N-methyl/N-ethyl adjacent to an activating group) is 1. The highest BCUT2D eigenvalue weighted by atomic mass is 32.2. The van der Waals surface area contributed by atoms with Gasteiger partial charge in [0.2, 0.25) is 0 Å². The summed E-state index contributed by atoms with van der Waals surface area (Å²) in [5.74, 6) is -2.23. The van der Waals surface area contributed by atoms with Crippen LogP contribution >= 0.6 is 0 Å². The Kier molecular flexibility index (Phi) is 9.10. The highest BCUT2D eigenvalue weighted by Crippen LogP contribution is 2.27. The van der Waals surface area contributed by atoms with Crippen molar-refractivity contribution >= 4 is 37.9 Å². The van der Waals surface area contributed by atoms with Gasteiger partial charge >= 0.3 is 18.0 Å². The molecule has 0 aromatic heterocycles. The summed E-state index contributed by atoms with van der Waals surface area (Å²) >= 11 is 0. The zero-order chi connectivity index (χ0) is 27.6. The molecule has 0 fully saturated rings. The molecule has 0 radical (unpaired) electrons. The summed E-state index contributed by atoms with van der Waals surface area (Å²) in [5, 5.41) is 0. The normalized spacial score (nSPS) is 13.5. The second-order valence-electron chi connectivity index (χ2n) is 9.68. The maximum Gasteiger partial charge on any atom is 0.410 e. The SMILES string of the molecule is C[C@H](C(=O)ONS(=O)(=O)c1cccc(C(=O)OC(C)(C)C)c1S(C)(=O)=O)N(C)C(=O)OC(C)(C)C. The van der Waals surface area contributed by atoms with E-state index in [1.54, 1.807) is 46.4 Å². The summed E-state index contributed by atoms with van der Waals surface area (Å²) in [7, 11) is -7.82. The van der Waals surface area contributed by atoms with E-state index >= 15 is 0 Å². The molecule has 1 rings (SSSR count). The van der Waals surface area contributed by atoms with Crippen LogP contribution < -0.4 is 4.89 Å². The number of rotatable bonds is 7. The number of nitrogens with zero attached hydrogens (tertiary/aromatic N) is 1. The quantitative estimate of drug-likeness (QED) is 0.310. The molecule has 0 unspecified atom stereocenters. The lowest BCUT2D eigenvalue weighted by atomic mass is 10.1. The van der Waals surface area contributed by atoms with Gasteiger partial charge in [0.25, 0.3) is 10.0 Å². The lowest BCUT2D eigenvalue weighted by Gasteiger charge is -2.27. The van der Waals surface area contributed by atoms with E-state index in [9.17, 15) is 31.2 Å². The van der Waals surface area contributed by atoms with Gasteiger partial charge in [-0.25, -0.2) is 31.2 Å². The molecular weight excluding hydrogens is 504 g/mol. The molecule has 0 aliphatic rings. The smallest absolute Gasteiger partial charge is 0.410 e. The third-order valence-electron chi connectivity index (χ3n) is 4.11. The van der Waals surface area contributed by atoms with Crippen molar-refractivity contribution in [3.63, 3.8) is 0 Å². The highest BCUT2D eigenvalue weighted by molar-refractivity contribution is 7.93.